The summed E-state index contributed by atoms with van der Waals surface area (Å²) < 4.78 is 20.2. The number of nitrogens with one attached hydrogen (secondary N) is 1. The van der Waals surface area contributed by atoms with Crippen LogP contribution in [0.1, 0.15) is 4.11 Å². The van der Waals surface area contributed by atoms with Gasteiger partial charge < -0.3 is 0 Å². The van der Waals surface area contributed by atoms with Gasteiger partial charge in [-0.25, -0.2) is 0 Å². The van der Waals surface area contributed by atoms with Crippen LogP contribution in [0.5, 0.6) is 0 Å². The lowest BCUT2D eigenvalue weighted by atomic mass is 10.3. The molecule has 0 bridgehead atoms. The van der Waals surface area contributed by atoms with Crippen molar-refractivity contribution in [3.8, 4) is 0 Å². The summed E-state index contributed by atoms with van der Waals surface area (Å²) in [6.07, 6.45) is 0. The fourth-order valence-electron chi connectivity index (χ4n) is 0.565. The van der Waals surface area contributed by atoms with Crippen LogP contribution in [0.4, 0.5) is 5.69 Å². The van der Waals surface area contributed by atoms with E-state index in [1.807, 2.05) is 6.07 Å². The van der Waals surface area contributed by atoms with Crippen LogP contribution in [0.2, 0.25) is 0 Å². The minimum atomic E-state index is -2.41. The largest absolute Gasteiger partial charge is 0.279 e. The van der Waals surface area contributed by atoms with Gasteiger partial charge >= 0.3 is 0 Å². The van der Waals surface area contributed by atoms with E-state index in [1.54, 1.807) is 24.3 Å². The van der Waals surface area contributed by atoms with Crippen molar-refractivity contribution in [2.75, 3.05) is 12.5 Å². The van der Waals surface area contributed by atoms with Crippen LogP contribution in [0.25, 0.3) is 0 Å². The van der Waals surface area contributed by atoms with E-state index in [9.17, 15) is 0 Å². The minimum absolute atomic E-state index is 0.619. The van der Waals surface area contributed by atoms with Gasteiger partial charge in [0.15, 0.2) is 0 Å². The van der Waals surface area contributed by atoms with Gasteiger partial charge in [-0.1, -0.05) is 18.2 Å². The quantitative estimate of drug-likeness (QED) is 0.608. The van der Waals surface area contributed by atoms with E-state index < -0.39 is 7.04 Å². The zero-order valence-electron chi connectivity index (χ0n) is 7.79. The molecule has 0 aliphatic carbocycles. The van der Waals surface area contributed by atoms with E-state index in [1.165, 1.54) is 0 Å². The lowest BCUT2D eigenvalue weighted by Gasteiger charge is -1.99. The molecule has 48 valence electrons. The predicted octanol–water partition coefficient (Wildman–Crippen LogP) is 1.66. The second kappa shape index (κ2) is 3.10. The monoisotopic (exact) mass is 126 g/mol. The average Bonchev–Trinajstić information content (AvgIpc) is 2.02. The highest BCUT2D eigenvalue weighted by molar-refractivity contribution is 5.39. The predicted molar refractivity (Wildman–Crippen MR) is 37.1 cm³/mol. The van der Waals surface area contributed by atoms with Gasteiger partial charge in [-0.05, 0) is 12.1 Å². The number of hydrogen-bond acceptors (Lipinski definition) is 2. The molecule has 9 heavy (non-hydrogen) atoms. The minimum Gasteiger partial charge on any atom is -0.279 e. The van der Waals surface area contributed by atoms with Crippen LogP contribution >= 0.6 is 0 Å². The third-order valence-corrected chi connectivity index (χ3v) is 0.943. The second-order valence-electron chi connectivity index (χ2n) is 1.57. The van der Waals surface area contributed by atoms with Crippen molar-refractivity contribution in [2.24, 2.45) is 0 Å². The van der Waals surface area contributed by atoms with Gasteiger partial charge in [0.1, 0.15) is 0 Å². The zero-order valence-corrected chi connectivity index (χ0v) is 4.79. The Morgan fingerprint density at radius 1 is 1.44 bits per heavy atom. The molecule has 0 aromatic heterocycles. The van der Waals surface area contributed by atoms with Crippen molar-refractivity contribution in [1.29, 1.82) is 0 Å². The van der Waals surface area contributed by atoms with Crippen molar-refractivity contribution in [1.82, 2.24) is 0 Å². The molecule has 0 heterocycles. The highest BCUT2D eigenvalue weighted by Gasteiger charge is 1.82. The molecule has 0 amide bonds. The standard InChI is InChI=1S/C7H9NO/c1-9-8-7-5-3-2-4-6-7/h2-6,8H,1H3/i1D3. The first-order valence-electron chi connectivity index (χ1n) is 4.07. The fraction of sp³-hybridized carbons (Fsp3) is 0.143. The van der Waals surface area contributed by atoms with Gasteiger partial charge in [0, 0.05) is 0 Å². The Morgan fingerprint density at radius 2 is 2.22 bits per heavy atom. The van der Waals surface area contributed by atoms with Crippen molar-refractivity contribution in [3.63, 3.8) is 0 Å². The summed E-state index contributed by atoms with van der Waals surface area (Å²) in [7, 11) is -2.41. The molecule has 0 fully saturated rings. The first kappa shape index (κ1) is 3.22. The number of anilines is 1. The van der Waals surface area contributed by atoms with E-state index in [2.05, 4.69) is 10.3 Å². The van der Waals surface area contributed by atoms with E-state index in [0.717, 1.165) is 0 Å². The molecule has 2 nitrogen and oxygen atoms in total. The molecule has 0 saturated carbocycles. The molecular formula is C7H9NO. The molecule has 1 aromatic carbocycles. The van der Waals surface area contributed by atoms with Crippen molar-refractivity contribution >= 4 is 5.69 Å². The van der Waals surface area contributed by atoms with Gasteiger partial charge in [0.2, 0.25) is 0 Å². The molecule has 0 radical (unpaired) electrons. The van der Waals surface area contributed by atoms with Crippen LogP contribution in [0.3, 0.4) is 0 Å². The number of para-hydroxylation sites is 1. The third kappa shape index (κ3) is 1.74. The summed E-state index contributed by atoms with van der Waals surface area (Å²) in [6, 6.07) is 8.83. The third-order valence-electron chi connectivity index (χ3n) is 0.943. The van der Waals surface area contributed by atoms with E-state index in [4.69, 9.17) is 4.11 Å². The summed E-state index contributed by atoms with van der Waals surface area (Å²) in [6.45, 7) is 0. The van der Waals surface area contributed by atoms with Gasteiger partial charge in [0.25, 0.3) is 0 Å². The fourth-order valence-corrected chi connectivity index (χ4v) is 0.565. The van der Waals surface area contributed by atoms with Crippen molar-refractivity contribution < 1.29 is 8.95 Å². The smallest absolute Gasteiger partial charge is 0.0636 e. The summed E-state index contributed by atoms with van der Waals surface area (Å²) >= 11 is 0. The topological polar surface area (TPSA) is 21.3 Å². The van der Waals surface area contributed by atoms with Crippen LogP contribution in [-0.4, -0.2) is 7.04 Å². The maximum atomic E-state index is 6.73. The Kier molecular flexibility index (Phi) is 1.11. The van der Waals surface area contributed by atoms with Crippen LogP contribution in [0.15, 0.2) is 30.3 Å². The first-order valence-corrected chi connectivity index (χ1v) is 2.57. The first-order chi connectivity index (χ1) is 5.58. The second-order valence-corrected chi connectivity index (χ2v) is 1.57. The van der Waals surface area contributed by atoms with Gasteiger partial charge in [-0.3, -0.25) is 10.3 Å². The summed E-state index contributed by atoms with van der Waals surface area (Å²) in [5.74, 6) is 0. The Bertz CT molecular complexity index is 234. The summed E-state index contributed by atoms with van der Waals surface area (Å²) in [5.41, 5.74) is 2.94. The number of hydrogen-bond donors (Lipinski definition) is 1. The molecule has 0 spiro atoms. The Hall–Kier alpha value is -1.02. The molecule has 1 N–H and O–H groups in total. The van der Waals surface area contributed by atoms with Gasteiger partial charge in [0.05, 0.1) is 16.8 Å². The van der Waals surface area contributed by atoms with E-state index in [-0.39, 0.29) is 0 Å². The zero-order chi connectivity index (χ0) is 9.03. The lowest BCUT2D eigenvalue weighted by Crippen LogP contribution is -1.93. The van der Waals surface area contributed by atoms with Crippen molar-refractivity contribution in [2.45, 2.75) is 0 Å². The van der Waals surface area contributed by atoms with Crippen LogP contribution < -0.4 is 5.48 Å². The molecular weight excluding hydrogens is 114 g/mol. The Labute approximate surface area is 58.6 Å². The van der Waals surface area contributed by atoms with Gasteiger partial charge in [-0.15, -0.1) is 0 Å². The Balaban J connectivity index is 2.44. The maximum absolute atomic E-state index is 6.73. The highest BCUT2D eigenvalue weighted by Crippen LogP contribution is 2.03. The molecule has 1 rings (SSSR count). The molecule has 0 atom stereocenters. The molecule has 1 aromatic rings. The maximum Gasteiger partial charge on any atom is 0.0636 e. The van der Waals surface area contributed by atoms with E-state index >= 15 is 0 Å². The SMILES string of the molecule is [2H]C([2H])([2H])ONc1ccccc1. The summed E-state index contributed by atoms with van der Waals surface area (Å²) in [5, 5.41) is 0. The van der Waals surface area contributed by atoms with Crippen LogP contribution in [-0.2, 0) is 4.84 Å². The molecule has 2 heteroatoms. The molecule has 0 aliphatic rings. The molecule has 0 aliphatic heterocycles. The normalized spacial score (nSPS) is 15.3. The molecule has 0 unspecified atom stereocenters. The number of rotatable bonds is 2. The van der Waals surface area contributed by atoms with Crippen molar-refractivity contribution in [3.05, 3.63) is 30.3 Å². The highest BCUT2D eigenvalue weighted by atomic mass is 16.6. The Morgan fingerprint density at radius 3 is 2.89 bits per heavy atom. The summed E-state index contributed by atoms with van der Waals surface area (Å²) in [4.78, 5) is 4.37. The van der Waals surface area contributed by atoms with Crippen LogP contribution in [0, 0.1) is 0 Å². The lowest BCUT2D eigenvalue weighted by molar-refractivity contribution is 0.271. The number of benzene rings is 1. The molecule has 0 saturated heterocycles. The average molecular weight is 126 g/mol. The van der Waals surface area contributed by atoms with E-state index in [0.29, 0.717) is 5.69 Å². The van der Waals surface area contributed by atoms with Gasteiger partial charge in [-0.2, -0.15) is 0 Å².